The van der Waals surface area contributed by atoms with Crippen LogP contribution in [0.5, 0.6) is 0 Å². The average molecular weight is 471 g/mol. The van der Waals surface area contributed by atoms with Crippen LogP contribution in [0.4, 0.5) is 13.2 Å². The Hall–Kier alpha value is -3.38. The van der Waals surface area contributed by atoms with Gasteiger partial charge in [0.25, 0.3) is 0 Å². The highest BCUT2D eigenvalue weighted by atomic mass is 19.4. The number of hydrogen-bond acceptors (Lipinski definition) is 5. The largest absolute Gasteiger partial charge is 0.456 e. The molecule has 34 heavy (non-hydrogen) atoms. The van der Waals surface area contributed by atoms with Gasteiger partial charge in [-0.05, 0) is 55.0 Å². The molecule has 9 heteroatoms. The van der Waals surface area contributed by atoms with E-state index in [0.717, 1.165) is 0 Å². The average Bonchev–Trinajstić information content (AvgIpc) is 3.46. The highest BCUT2D eigenvalue weighted by Crippen LogP contribution is 2.38. The van der Waals surface area contributed by atoms with Crippen LogP contribution >= 0.6 is 0 Å². The number of aldehydes is 1. The van der Waals surface area contributed by atoms with Crippen LogP contribution in [0.2, 0.25) is 0 Å². The predicted octanol–water partition coefficient (Wildman–Crippen LogP) is 5.18. The van der Waals surface area contributed by atoms with E-state index < -0.39 is 29.7 Å². The molecule has 1 aliphatic carbocycles. The van der Waals surface area contributed by atoms with Gasteiger partial charge in [0.1, 0.15) is 29.0 Å². The monoisotopic (exact) mass is 471 g/mol. The van der Waals surface area contributed by atoms with Crippen LogP contribution in [0, 0.1) is 17.2 Å². The Labute approximate surface area is 194 Å². The summed E-state index contributed by atoms with van der Waals surface area (Å²) in [6.07, 6.45) is -2.86. The molecule has 1 fully saturated rings. The molecular weight excluding hydrogens is 447 g/mol. The SMILES string of the molecule is CC(C)CC(NC(c1ccc2c(c1)oc1ccc(C=O)cc12)C(F)(F)F)C(=O)NC1(C#N)CC1. The van der Waals surface area contributed by atoms with E-state index >= 15 is 0 Å². The molecule has 2 unspecified atom stereocenters. The molecule has 0 spiro atoms. The lowest BCUT2D eigenvalue weighted by molar-refractivity contribution is -0.161. The van der Waals surface area contributed by atoms with Crippen LogP contribution in [0.25, 0.3) is 21.9 Å². The Kier molecular flexibility index (Phi) is 6.13. The van der Waals surface area contributed by atoms with Gasteiger partial charge < -0.3 is 9.73 Å². The second kappa shape index (κ2) is 8.76. The number of benzene rings is 2. The van der Waals surface area contributed by atoms with Crippen LogP contribution in [0.1, 0.15) is 55.1 Å². The fraction of sp³-hybridized carbons (Fsp3) is 0.400. The fourth-order valence-electron chi connectivity index (χ4n) is 4.08. The van der Waals surface area contributed by atoms with Gasteiger partial charge in [-0.25, -0.2) is 0 Å². The molecule has 1 amide bonds. The van der Waals surface area contributed by atoms with E-state index in [2.05, 4.69) is 10.6 Å². The Bertz CT molecular complexity index is 1290. The third kappa shape index (κ3) is 4.77. The van der Waals surface area contributed by atoms with Crippen molar-refractivity contribution in [1.29, 1.82) is 5.26 Å². The van der Waals surface area contributed by atoms with Crippen LogP contribution in [-0.2, 0) is 4.79 Å². The maximum Gasteiger partial charge on any atom is 0.407 e. The Morgan fingerprint density at radius 1 is 1.18 bits per heavy atom. The van der Waals surface area contributed by atoms with Gasteiger partial charge in [-0.1, -0.05) is 26.0 Å². The number of furan rings is 1. The summed E-state index contributed by atoms with van der Waals surface area (Å²) >= 11 is 0. The molecule has 178 valence electrons. The molecule has 3 aromatic rings. The standard InChI is InChI=1S/C25H24F3N3O3/c1-14(2)9-19(23(33)31-24(13-29)7-8-24)30-22(25(26,27)28)16-4-5-17-18-10-15(12-32)3-6-20(18)34-21(17)11-16/h3-6,10-12,14,19,22,30H,7-9H2,1-2H3,(H,31,33). The van der Waals surface area contributed by atoms with Crippen molar-refractivity contribution in [2.75, 3.05) is 0 Å². The summed E-state index contributed by atoms with van der Waals surface area (Å²) < 4.78 is 48.2. The van der Waals surface area contributed by atoms with Crippen molar-refractivity contribution in [3.05, 3.63) is 47.5 Å². The molecule has 1 aromatic heterocycles. The Morgan fingerprint density at radius 3 is 2.50 bits per heavy atom. The number of nitrogens with one attached hydrogen (secondary N) is 2. The van der Waals surface area contributed by atoms with Gasteiger partial charge in [0.05, 0.1) is 12.1 Å². The molecule has 0 saturated heterocycles. The minimum Gasteiger partial charge on any atom is -0.456 e. The zero-order valence-corrected chi connectivity index (χ0v) is 18.7. The molecule has 0 bridgehead atoms. The molecule has 0 radical (unpaired) electrons. The van der Waals surface area contributed by atoms with Crippen molar-refractivity contribution < 1.29 is 27.2 Å². The van der Waals surface area contributed by atoms with Crippen molar-refractivity contribution in [3.8, 4) is 6.07 Å². The molecule has 4 rings (SSSR count). The maximum atomic E-state index is 14.2. The topological polar surface area (TPSA) is 95.1 Å². The van der Waals surface area contributed by atoms with E-state index in [4.69, 9.17) is 4.42 Å². The first-order valence-corrected chi connectivity index (χ1v) is 11.0. The van der Waals surface area contributed by atoms with Crippen molar-refractivity contribution >= 4 is 34.1 Å². The number of nitriles is 1. The van der Waals surface area contributed by atoms with Gasteiger partial charge in [0.2, 0.25) is 5.91 Å². The lowest BCUT2D eigenvalue weighted by Gasteiger charge is -2.29. The van der Waals surface area contributed by atoms with Crippen molar-refractivity contribution in [2.45, 2.75) is 56.9 Å². The summed E-state index contributed by atoms with van der Waals surface area (Å²) in [6, 6.07) is 7.75. The van der Waals surface area contributed by atoms with Crippen LogP contribution in [-0.4, -0.2) is 30.0 Å². The van der Waals surface area contributed by atoms with Gasteiger partial charge >= 0.3 is 6.18 Å². The molecule has 1 saturated carbocycles. The normalized spacial score (nSPS) is 16.9. The number of fused-ring (bicyclic) bond motifs is 3. The van der Waals surface area contributed by atoms with Crippen LogP contribution < -0.4 is 10.6 Å². The number of carbonyl (C=O) groups excluding carboxylic acids is 2. The van der Waals surface area contributed by atoms with Crippen molar-refractivity contribution in [1.82, 2.24) is 10.6 Å². The number of hydrogen-bond donors (Lipinski definition) is 2. The van der Waals surface area contributed by atoms with Gasteiger partial charge in [-0.2, -0.15) is 18.4 Å². The predicted molar refractivity (Wildman–Crippen MR) is 120 cm³/mol. The molecule has 2 N–H and O–H groups in total. The summed E-state index contributed by atoms with van der Waals surface area (Å²) in [5.74, 6) is -0.674. The first-order chi connectivity index (χ1) is 16.0. The number of carbonyl (C=O) groups is 2. The fourth-order valence-corrected chi connectivity index (χ4v) is 4.08. The van der Waals surface area contributed by atoms with Crippen molar-refractivity contribution in [3.63, 3.8) is 0 Å². The Morgan fingerprint density at radius 2 is 1.91 bits per heavy atom. The Balaban J connectivity index is 1.68. The third-order valence-electron chi connectivity index (χ3n) is 6.03. The third-order valence-corrected chi connectivity index (χ3v) is 6.03. The second-order valence-electron chi connectivity index (χ2n) is 9.24. The molecule has 2 atom stereocenters. The number of alkyl halides is 3. The second-order valence-corrected chi connectivity index (χ2v) is 9.24. The molecule has 0 aliphatic heterocycles. The van der Waals surface area contributed by atoms with Gasteiger partial charge in [-0.3, -0.25) is 14.9 Å². The first-order valence-electron chi connectivity index (χ1n) is 11.0. The zero-order chi connectivity index (χ0) is 24.7. The van der Waals surface area contributed by atoms with E-state index in [-0.39, 0.29) is 23.5 Å². The number of nitrogens with zero attached hydrogens (tertiary/aromatic N) is 1. The van der Waals surface area contributed by atoms with Gasteiger partial charge in [0.15, 0.2) is 0 Å². The summed E-state index contributed by atoms with van der Waals surface area (Å²) in [4.78, 5) is 23.9. The lowest BCUT2D eigenvalue weighted by atomic mass is 9.98. The smallest absolute Gasteiger partial charge is 0.407 e. The molecule has 1 aliphatic rings. The lowest BCUT2D eigenvalue weighted by Crippen LogP contribution is -2.52. The van der Waals surface area contributed by atoms with Gasteiger partial charge in [-0.15, -0.1) is 0 Å². The van der Waals surface area contributed by atoms with E-state index in [1.54, 1.807) is 18.2 Å². The van der Waals surface area contributed by atoms with Crippen LogP contribution in [0.3, 0.4) is 0 Å². The van der Waals surface area contributed by atoms with E-state index in [9.17, 15) is 28.0 Å². The summed E-state index contributed by atoms with van der Waals surface area (Å²) in [7, 11) is 0. The van der Waals surface area contributed by atoms with Crippen LogP contribution in [0.15, 0.2) is 40.8 Å². The van der Waals surface area contributed by atoms with E-state index in [0.29, 0.717) is 41.0 Å². The number of rotatable bonds is 8. The molecule has 6 nitrogen and oxygen atoms in total. The summed E-state index contributed by atoms with van der Waals surface area (Å²) in [6.45, 7) is 3.63. The highest BCUT2D eigenvalue weighted by molar-refractivity contribution is 6.06. The van der Waals surface area contributed by atoms with Crippen molar-refractivity contribution in [2.24, 2.45) is 5.92 Å². The summed E-state index contributed by atoms with van der Waals surface area (Å²) in [5.41, 5.74) is 0.0606. The molecule has 1 heterocycles. The number of amides is 1. The van der Waals surface area contributed by atoms with E-state index in [1.165, 1.54) is 18.2 Å². The van der Waals surface area contributed by atoms with E-state index in [1.807, 2.05) is 19.9 Å². The number of halogens is 3. The van der Waals surface area contributed by atoms with Gasteiger partial charge in [0, 0.05) is 16.3 Å². The zero-order valence-electron chi connectivity index (χ0n) is 18.7. The quantitative estimate of drug-likeness (QED) is 0.442. The molecule has 2 aromatic carbocycles. The summed E-state index contributed by atoms with van der Waals surface area (Å²) in [5, 5.41) is 15.6. The maximum absolute atomic E-state index is 14.2. The molecular formula is C25H24F3N3O3. The first kappa shape index (κ1) is 23.8. The highest BCUT2D eigenvalue weighted by Gasteiger charge is 2.47. The minimum absolute atomic E-state index is 0.0563. The minimum atomic E-state index is -4.69.